The second kappa shape index (κ2) is 7.35. The van der Waals surface area contributed by atoms with Crippen LogP contribution >= 0.6 is 11.6 Å². The molecule has 2 saturated carbocycles. The molecule has 1 atom stereocenters. The Bertz CT molecular complexity index is 565. The quantitative estimate of drug-likeness (QED) is 0.768. The topological polar surface area (TPSA) is 58.2 Å². The SMILES string of the molecule is O=C(CC[C@@H](Cc1ccc(Cl)cc1)C(=O)NC1CC1)NC1CC1. The highest BCUT2D eigenvalue weighted by molar-refractivity contribution is 6.30. The van der Waals surface area contributed by atoms with Crippen molar-refractivity contribution in [2.75, 3.05) is 0 Å². The molecule has 2 N–H and O–H groups in total. The van der Waals surface area contributed by atoms with Gasteiger partial charge in [0.1, 0.15) is 0 Å². The molecular formula is C18H23ClN2O2. The highest BCUT2D eigenvalue weighted by Gasteiger charge is 2.28. The Labute approximate surface area is 142 Å². The molecule has 1 aromatic rings. The van der Waals surface area contributed by atoms with Gasteiger partial charge in [-0.1, -0.05) is 23.7 Å². The van der Waals surface area contributed by atoms with Gasteiger partial charge in [-0.3, -0.25) is 9.59 Å². The highest BCUT2D eigenvalue weighted by atomic mass is 35.5. The average Bonchev–Trinajstić information content (AvgIpc) is 3.42. The summed E-state index contributed by atoms with van der Waals surface area (Å²) in [5, 5.41) is 6.74. The lowest BCUT2D eigenvalue weighted by molar-refractivity contribution is -0.126. The summed E-state index contributed by atoms with van der Waals surface area (Å²) in [6.07, 6.45) is 5.95. The second-order valence-electron chi connectivity index (χ2n) is 6.69. The van der Waals surface area contributed by atoms with Crippen LogP contribution in [0.2, 0.25) is 5.02 Å². The van der Waals surface area contributed by atoms with E-state index in [9.17, 15) is 9.59 Å². The molecule has 0 heterocycles. The van der Waals surface area contributed by atoms with Gasteiger partial charge in [-0.25, -0.2) is 0 Å². The zero-order chi connectivity index (χ0) is 16.2. The Morgan fingerprint density at radius 2 is 1.65 bits per heavy atom. The first-order valence-electron chi connectivity index (χ1n) is 8.44. The molecule has 0 unspecified atom stereocenters. The first-order valence-corrected chi connectivity index (χ1v) is 8.82. The zero-order valence-corrected chi connectivity index (χ0v) is 13.9. The number of nitrogens with one attached hydrogen (secondary N) is 2. The Morgan fingerprint density at radius 3 is 2.26 bits per heavy atom. The third kappa shape index (κ3) is 5.54. The van der Waals surface area contributed by atoms with Gasteiger partial charge in [0, 0.05) is 29.4 Å². The Balaban J connectivity index is 1.56. The van der Waals surface area contributed by atoms with Crippen LogP contribution in [-0.4, -0.2) is 23.9 Å². The number of benzene rings is 1. The van der Waals surface area contributed by atoms with Gasteiger partial charge < -0.3 is 10.6 Å². The fraction of sp³-hybridized carbons (Fsp3) is 0.556. The third-order valence-corrected chi connectivity index (χ3v) is 4.60. The van der Waals surface area contributed by atoms with E-state index in [2.05, 4.69) is 10.6 Å². The van der Waals surface area contributed by atoms with Crippen molar-refractivity contribution < 1.29 is 9.59 Å². The van der Waals surface area contributed by atoms with Crippen LogP contribution in [0.4, 0.5) is 0 Å². The molecule has 0 spiro atoms. The molecule has 2 fully saturated rings. The summed E-state index contributed by atoms with van der Waals surface area (Å²) in [5.41, 5.74) is 1.08. The normalized spacial score (nSPS) is 18.3. The maximum absolute atomic E-state index is 12.4. The predicted octanol–water partition coefficient (Wildman–Crippen LogP) is 2.84. The lowest BCUT2D eigenvalue weighted by Gasteiger charge is -2.17. The summed E-state index contributed by atoms with van der Waals surface area (Å²) >= 11 is 5.91. The van der Waals surface area contributed by atoms with E-state index in [1.165, 1.54) is 0 Å². The molecule has 5 heteroatoms. The van der Waals surface area contributed by atoms with E-state index in [-0.39, 0.29) is 17.7 Å². The average molecular weight is 335 g/mol. The van der Waals surface area contributed by atoms with E-state index in [0.717, 1.165) is 31.2 Å². The first kappa shape index (κ1) is 16.3. The molecule has 4 nitrogen and oxygen atoms in total. The number of halogens is 1. The fourth-order valence-electron chi connectivity index (χ4n) is 2.61. The first-order chi connectivity index (χ1) is 11.1. The van der Waals surface area contributed by atoms with E-state index in [1.54, 1.807) is 0 Å². The second-order valence-corrected chi connectivity index (χ2v) is 7.13. The molecule has 0 radical (unpaired) electrons. The molecule has 124 valence electrons. The number of amides is 2. The Morgan fingerprint density at radius 1 is 1.04 bits per heavy atom. The maximum Gasteiger partial charge on any atom is 0.223 e. The van der Waals surface area contributed by atoms with E-state index in [0.29, 0.717) is 36.4 Å². The van der Waals surface area contributed by atoms with Crippen LogP contribution in [0.5, 0.6) is 0 Å². The van der Waals surface area contributed by atoms with E-state index in [1.807, 2.05) is 24.3 Å². The number of carbonyl (C=O) groups is 2. The van der Waals surface area contributed by atoms with Gasteiger partial charge in [0.25, 0.3) is 0 Å². The van der Waals surface area contributed by atoms with Crippen LogP contribution < -0.4 is 10.6 Å². The minimum Gasteiger partial charge on any atom is -0.353 e. The van der Waals surface area contributed by atoms with Crippen LogP contribution in [0.1, 0.15) is 44.1 Å². The van der Waals surface area contributed by atoms with Crippen molar-refractivity contribution in [1.82, 2.24) is 10.6 Å². The summed E-state index contributed by atoms with van der Waals surface area (Å²) in [4.78, 5) is 24.3. The van der Waals surface area contributed by atoms with Gasteiger partial charge >= 0.3 is 0 Å². The number of carbonyl (C=O) groups excluding carboxylic acids is 2. The number of rotatable bonds is 8. The molecule has 23 heavy (non-hydrogen) atoms. The maximum atomic E-state index is 12.4. The minimum absolute atomic E-state index is 0.0628. The van der Waals surface area contributed by atoms with Crippen LogP contribution in [0.25, 0.3) is 0 Å². The summed E-state index contributed by atoms with van der Waals surface area (Å²) in [6, 6.07) is 8.29. The van der Waals surface area contributed by atoms with Gasteiger partial charge in [-0.15, -0.1) is 0 Å². The van der Waals surface area contributed by atoms with Crippen molar-refractivity contribution in [3.05, 3.63) is 34.9 Å². The number of hydrogen-bond acceptors (Lipinski definition) is 2. The van der Waals surface area contributed by atoms with E-state index in [4.69, 9.17) is 11.6 Å². The molecule has 0 aromatic heterocycles. The molecule has 2 aliphatic carbocycles. The van der Waals surface area contributed by atoms with Crippen molar-refractivity contribution in [2.24, 2.45) is 5.92 Å². The van der Waals surface area contributed by atoms with Gasteiger partial charge in [0.05, 0.1) is 0 Å². The van der Waals surface area contributed by atoms with Crippen molar-refractivity contribution in [3.63, 3.8) is 0 Å². The van der Waals surface area contributed by atoms with E-state index < -0.39 is 0 Å². The zero-order valence-electron chi connectivity index (χ0n) is 13.2. The standard InChI is InChI=1S/C18H23ClN2O2/c19-14-4-1-12(2-5-14)11-13(18(23)21-16-8-9-16)3-10-17(22)20-15-6-7-15/h1-2,4-5,13,15-16H,3,6-11H2,(H,20,22)(H,21,23)/t13-/m0/s1. The molecule has 2 aliphatic rings. The lowest BCUT2D eigenvalue weighted by atomic mass is 9.93. The third-order valence-electron chi connectivity index (χ3n) is 4.35. The largest absolute Gasteiger partial charge is 0.353 e. The van der Waals surface area contributed by atoms with Gasteiger partial charge in [-0.2, -0.15) is 0 Å². The lowest BCUT2D eigenvalue weighted by Crippen LogP contribution is -2.34. The number of hydrogen-bond donors (Lipinski definition) is 2. The molecular weight excluding hydrogens is 312 g/mol. The van der Waals surface area contributed by atoms with Crippen LogP contribution in [-0.2, 0) is 16.0 Å². The van der Waals surface area contributed by atoms with Crippen molar-refractivity contribution in [2.45, 2.75) is 57.0 Å². The summed E-state index contributed by atoms with van der Waals surface area (Å²) in [5.74, 6) is -0.0313. The van der Waals surface area contributed by atoms with Gasteiger partial charge in [0.15, 0.2) is 0 Å². The van der Waals surface area contributed by atoms with Crippen LogP contribution in [0, 0.1) is 5.92 Å². The predicted molar refractivity (Wildman–Crippen MR) is 90.2 cm³/mol. The molecule has 0 saturated heterocycles. The van der Waals surface area contributed by atoms with Gasteiger partial charge in [0.2, 0.25) is 11.8 Å². The molecule has 3 rings (SSSR count). The Kier molecular flexibility index (Phi) is 5.21. The van der Waals surface area contributed by atoms with E-state index >= 15 is 0 Å². The minimum atomic E-state index is -0.165. The van der Waals surface area contributed by atoms with Gasteiger partial charge in [-0.05, 0) is 56.2 Å². The fourth-order valence-corrected chi connectivity index (χ4v) is 2.74. The Hall–Kier alpha value is -1.55. The highest BCUT2D eigenvalue weighted by Crippen LogP contribution is 2.23. The molecule has 1 aromatic carbocycles. The monoisotopic (exact) mass is 334 g/mol. The molecule has 2 amide bonds. The summed E-state index contributed by atoms with van der Waals surface area (Å²) < 4.78 is 0. The smallest absolute Gasteiger partial charge is 0.223 e. The summed E-state index contributed by atoms with van der Waals surface area (Å²) in [7, 11) is 0. The van der Waals surface area contributed by atoms with Crippen molar-refractivity contribution in [3.8, 4) is 0 Å². The molecule has 0 bridgehead atoms. The van der Waals surface area contributed by atoms with Crippen molar-refractivity contribution >= 4 is 23.4 Å². The van der Waals surface area contributed by atoms with Crippen LogP contribution in [0.15, 0.2) is 24.3 Å². The van der Waals surface area contributed by atoms with Crippen LogP contribution in [0.3, 0.4) is 0 Å². The van der Waals surface area contributed by atoms with Crippen molar-refractivity contribution in [1.29, 1.82) is 0 Å². The summed E-state index contributed by atoms with van der Waals surface area (Å²) in [6.45, 7) is 0. The molecule has 0 aliphatic heterocycles.